The minimum Gasteiger partial charge on any atom is -0.476 e. The zero-order valence-corrected chi connectivity index (χ0v) is 17.0. The molecule has 2 aliphatic rings. The molecule has 0 spiro atoms. The Bertz CT molecular complexity index is 916. The molecule has 0 radical (unpaired) electrons. The smallest absolute Gasteiger partial charge is 0.202 e. The number of hydrazine groups is 1. The van der Waals surface area contributed by atoms with Crippen molar-refractivity contribution in [3.63, 3.8) is 0 Å². The van der Waals surface area contributed by atoms with Crippen LogP contribution in [0.5, 0.6) is 0 Å². The summed E-state index contributed by atoms with van der Waals surface area (Å²) in [5.41, 5.74) is 3.15. The molecule has 0 amide bonds. The fourth-order valence-electron chi connectivity index (χ4n) is 4.78. The van der Waals surface area contributed by atoms with Crippen molar-refractivity contribution >= 4 is 0 Å². The maximum atomic E-state index is 6.07. The summed E-state index contributed by atoms with van der Waals surface area (Å²) in [6.45, 7) is 5.97. The van der Waals surface area contributed by atoms with Gasteiger partial charge in [-0.3, -0.25) is 5.01 Å². The van der Waals surface area contributed by atoms with Gasteiger partial charge in [-0.15, -0.1) is 0 Å². The quantitative estimate of drug-likeness (QED) is 0.580. The minimum absolute atomic E-state index is 0.119. The molecule has 146 valence electrons. The molecule has 5 rings (SSSR count). The van der Waals surface area contributed by atoms with Crippen molar-refractivity contribution in [2.45, 2.75) is 24.9 Å². The molecule has 0 bridgehead atoms. The van der Waals surface area contributed by atoms with Gasteiger partial charge in [0.25, 0.3) is 0 Å². The molecule has 3 heteroatoms. The molecule has 29 heavy (non-hydrogen) atoms. The highest BCUT2D eigenvalue weighted by Crippen LogP contribution is 2.48. The zero-order chi connectivity index (χ0) is 19.9. The summed E-state index contributed by atoms with van der Waals surface area (Å²) in [4.78, 5) is 0. The molecule has 0 aliphatic carbocycles. The topological polar surface area (TPSA) is 15.7 Å². The normalized spacial score (nSPS) is 18.3. The predicted molar refractivity (Wildman–Crippen MR) is 116 cm³/mol. The molecule has 2 heterocycles. The molecule has 0 atom stereocenters. The lowest BCUT2D eigenvalue weighted by Gasteiger charge is -2.50. The van der Waals surface area contributed by atoms with E-state index in [0.29, 0.717) is 6.61 Å². The van der Waals surface area contributed by atoms with Crippen LogP contribution in [0, 0.1) is 0 Å². The van der Waals surface area contributed by atoms with Crippen molar-refractivity contribution in [2.75, 3.05) is 13.2 Å². The van der Waals surface area contributed by atoms with E-state index in [1.807, 2.05) is 0 Å². The number of fused-ring (bicyclic) bond motifs is 1. The molecule has 3 aromatic rings. The van der Waals surface area contributed by atoms with Crippen molar-refractivity contribution < 1.29 is 4.74 Å². The van der Waals surface area contributed by atoms with Crippen LogP contribution in [0.2, 0.25) is 0 Å². The number of ether oxygens (including phenoxy) is 1. The summed E-state index contributed by atoms with van der Waals surface area (Å²) in [6.07, 6.45) is 2.21. The average molecular weight is 383 g/mol. The van der Waals surface area contributed by atoms with E-state index < -0.39 is 5.54 Å². The Kier molecular flexibility index (Phi) is 4.21. The van der Waals surface area contributed by atoms with E-state index in [1.165, 1.54) is 16.7 Å². The van der Waals surface area contributed by atoms with Gasteiger partial charge >= 0.3 is 0 Å². The van der Waals surface area contributed by atoms with Crippen LogP contribution in [0.15, 0.2) is 103 Å². The molecule has 1 fully saturated rings. The van der Waals surface area contributed by atoms with Gasteiger partial charge in [0.2, 0.25) is 5.88 Å². The lowest BCUT2D eigenvalue weighted by molar-refractivity contribution is -0.0752. The van der Waals surface area contributed by atoms with E-state index in [9.17, 15) is 0 Å². The van der Waals surface area contributed by atoms with Crippen molar-refractivity contribution in [3.05, 3.63) is 120 Å². The van der Waals surface area contributed by atoms with Crippen LogP contribution in [-0.2, 0) is 10.3 Å². The van der Waals surface area contributed by atoms with Gasteiger partial charge in [0, 0.05) is 6.54 Å². The number of benzene rings is 3. The second-order valence-electron chi connectivity index (χ2n) is 8.35. The van der Waals surface area contributed by atoms with Crippen LogP contribution < -0.4 is 0 Å². The monoisotopic (exact) mass is 382 g/mol. The highest BCUT2D eigenvalue weighted by molar-refractivity contribution is 5.50. The van der Waals surface area contributed by atoms with E-state index >= 15 is 0 Å². The van der Waals surface area contributed by atoms with Crippen molar-refractivity contribution in [3.8, 4) is 0 Å². The molecule has 0 aromatic heterocycles. The standard InChI is InChI=1S/C26H26N2O/c1-25(2)20-29-24-18-19-27(28(24)25)26(21-12-6-3-7-13-21,22-14-8-4-9-15-22)23-16-10-5-11-17-23/h3-18H,19-20H2,1-2H3. The molecule has 1 saturated heterocycles. The summed E-state index contributed by atoms with van der Waals surface area (Å²) in [6, 6.07) is 32.5. The number of hydrogen-bond acceptors (Lipinski definition) is 3. The van der Waals surface area contributed by atoms with E-state index in [1.54, 1.807) is 0 Å². The van der Waals surface area contributed by atoms with Gasteiger partial charge in [-0.05, 0) is 36.6 Å². The zero-order valence-electron chi connectivity index (χ0n) is 17.0. The maximum Gasteiger partial charge on any atom is 0.202 e. The van der Waals surface area contributed by atoms with Crippen LogP contribution in [-0.4, -0.2) is 28.7 Å². The van der Waals surface area contributed by atoms with Gasteiger partial charge in [-0.2, -0.15) is 5.01 Å². The molecule has 3 aromatic carbocycles. The molecule has 3 nitrogen and oxygen atoms in total. The highest BCUT2D eigenvalue weighted by atomic mass is 16.5. The Morgan fingerprint density at radius 2 is 1.17 bits per heavy atom. The first-order valence-corrected chi connectivity index (χ1v) is 10.2. The first-order valence-electron chi connectivity index (χ1n) is 10.2. The summed E-state index contributed by atoms with van der Waals surface area (Å²) < 4.78 is 6.07. The Morgan fingerprint density at radius 1 is 0.724 bits per heavy atom. The third-order valence-corrected chi connectivity index (χ3v) is 6.00. The van der Waals surface area contributed by atoms with Crippen LogP contribution in [0.25, 0.3) is 0 Å². The molecule has 2 aliphatic heterocycles. The summed E-state index contributed by atoms with van der Waals surface area (Å²) in [7, 11) is 0. The van der Waals surface area contributed by atoms with Gasteiger partial charge in [0.1, 0.15) is 12.1 Å². The SMILES string of the molecule is CC1(C)COC2=CCN(C(c3ccccc3)(c3ccccc3)c3ccccc3)N21. The molecular formula is C26H26N2O. The minimum atomic E-state index is -0.465. The van der Waals surface area contributed by atoms with Crippen LogP contribution in [0.1, 0.15) is 30.5 Å². The Balaban J connectivity index is 1.82. The van der Waals surface area contributed by atoms with E-state index in [2.05, 4.69) is 121 Å². The first kappa shape index (κ1) is 18.0. The van der Waals surface area contributed by atoms with E-state index in [4.69, 9.17) is 4.74 Å². The number of hydrogen-bond donors (Lipinski definition) is 0. The first-order chi connectivity index (χ1) is 14.1. The van der Waals surface area contributed by atoms with E-state index in [0.717, 1.165) is 12.4 Å². The van der Waals surface area contributed by atoms with E-state index in [-0.39, 0.29) is 5.54 Å². The van der Waals surface area contributed by atoms with Gasteiger partial charge < -0.3 is 4.74 Å². The Morgan fingerprint density at radius 3 is 1.62 bits per heavy atom. The average Bonchev–Trinajstić information content (AvgIpc) is 3.33. The van der Waals surface area contributed by atoms with Crippen LogP contribution in [0.4, 0.5) is 0 Å². The molecule has 0 N–H and O–H groups in total. The fraction of sp³-hybridized carbons (Fsp3) is 0.231. The Hall–Kier alpha value is -3.04. The number of rotatable bonds is 4. The van der Waals surface area contributed by atoms with Crippen molar-refractivity contribution in [1.82, 2.24) is 10.0 Å². The second kappa shape index (κ2) is 6.78. The number of nitrogens with zero attached hydrogens (tertiary/aromatic N) is 2. The lowest BCUT2D eigenvalue weighted by Crippen LogP contribution is -2.58. The summed E-state index contributed by atoms with van der Waals surface area (Å²) in [5, 5.41) is 4.84. The summed E-state index contributed by atoms with van der Waals surface area (Å²) in [5.74, 6) is 0.960. The predicted octanol–water partition coefficient (Wildman–Crippen LogP) is 5.16. The highest BCUT2D eigenvalue weighted by Gasteiger charge is 2.53. The van der Waals surface area contributed by atoms with Crippen LogP contribution >= 0.6 is 0 Å². The summed E-state index contributed by atoms with van der Waals surface area (Å²) >= 11 is 0. The fourth-order valence-corrected chi connectivity index (χ4v) is 4.78. The largest absolute Gasteiger partial charge is 0.476 e. The third-order valence-electron chi connectivity index (χ3n) is 6.00. The van der Waals surface area contributed by atoms with Crippen LogP contribution in [0.3, 0.4) is 0 Å². The van der Waals surface area contributed by atoms with Gasteiger partial charge in [0.05, 0.1) is 5.54 Å². The van der Waals surface area contributed by atoms with Crippen molar-refractivity contribution in [2.24, 2.45) is 0 Å². The second-order valence-corrected chi connectivity index (χ2v) is 8.35. The van der Waals surface area contributed by atoms with Gasteiger partial charge in [-0.25, -0.2) is 0 Å². The molecular weight excluding hydrogens is 356 g/mol. The Labute approximate surface area is 172 Å². The molecule has 0 saturated carbocycles. The molecule has 0 unspecified atom stereocenters. The maximum absolute atomic E-state index is 6.07. The lowest BCUT2D eigenvalue weighted by atomic mass is 9.76. The third kappa shape index (κ3) is 2.69. The van der Waals surface area contributed by atoms with Gasteiger partial charge in [0.15, 0.2) is 0 Å². The van der Waals surface area contributed by atoms with Crippen molar-refractivity contribution in [1.29, 1.82) is 0 Å². The van der Waals surface area contributed by atoms with Gasteiger partial charge in [-0.1, -0.05) is 91.0 Å².